The van der Waals surface area contributed by atoms with E-state index in [1.165, 1.54) is 0 Å². The average molecular weight is 351 g/mol. The molecule has 0 atom stereocenters. The molecule has 1 aliphatic rings. The zero-order valence-electron chi connectivity index (χ0n) is 15.2. The average Bonchev–Trinajstić information content (AvgIpc) is 3.14. The number of carbonyl (C=O) groups is 1. The Morgan fingerprint density at radius 2 is 1.92 bits per heavy atom. The lowest BCUT2D eigenvalue weighted by molar-refractivity contribution is -0.117. The molecule has 0 unspecified atom stereocenters. The number of carbonyl (C=O) groups excluding carboxylic acids is 1. The molecule has 6 nitrogen and oxygen atoms in total. The molecule has 1 aliphatic heterocycles. The van der Waals surface area contributed by atoms with Crippen LogP contribution in [0.1, 0.15) is 5.56 Å². The SMILES string of the molecule is COCCN1C(=O)Cc2cc3nc(-c4ccc(OC)cc4)n(C)c3cc21. The van der Waals surface area contributed by atoms with E-state index in [4.69, 9.17) is 14.5 Å². The molecule has 4 rings (SSSR count). The van der Waals surface area contributed by atoms with Crippen LogP contribution in [0.2, 0.25) is 0 Å². The van der Waals surface area contributed by atoms with Gasteiger partial charge in [0.05, 0.1) is 31.2 Å². The lowest BCUT2D eigenvalue weighted by Gasteiger charge is -2.17. The second-order valence-corrected chi connectivity index (χ2v) is 6.41. The summed E-state index contributed by atoms with van der Waals surface area (Å²) in [5.74, 6) is 1.82. The largest absolute Gasteiger partial charge is 0.497 e. The highest BCUT2D eigenvalue weighted by atomic mass is 16.5. The number of hydrogen-bond donors (Lipinski definition) is 0. The fourth-order valence-corrected chi connectivity index (χ4v) is 3.48. The Bertz CT molecular complexity index is 976. The van der Waals surface area contributed by atoms with Gasteiger partial charge in [-0.3, -0.25) is 4.79 Å². The third-order valence-electron chi connectivity index (χ3n) is 4.88. The van der Waals surface area contributed by atoms with Crippen molar-refractivity contribution in [1.29, 1.82) is 0 Å². The number of hydrogen-bond acceptors (Lipinski definition) is 4. The molecule has 0 saturated heterocycles. The number of aromatic nitrogens is 2. The first-order chi connectivity index (χ1) is 12.6. The predicted octanol–water partition coefficient (Wildman–Crippen LogP) is 2.78. The first-order valence-corrected chi connectivity index (χ1v) is 8.55. The van der Waals surface area contributed by atoms with Crippen molar-refractivity contribution in [2.24, 2.45) is 7.05 Å². The molecule has 1 aromatic heterocycles. The van der Waals surface area contributed by atoms with Crippen molar-refractivity contribution in [1.82, 2.24) is 9.55 Å². The van der Waals surface area contributed by atoms with Crippen molar-refractivity contribution in [2.45, 2.75) is 6.42 Å². The summed E-state index contributed by atoms with van der Waals surface area (Å²) in [5.41, 5.74) is 4.92. The molecule has 0 N–H and O–H groups in total. The Morgan fingerprint density at radius 3 is 2.62 bits per heavy atom. The fraction of sp³-hybridized carbons (Fsp3) is 0.300. The molecule has 2 aromatic carbocycles. The topological polar surface area (TPSA) is 56.6 Å². The number of imidazole rings is 1. The number of benzene rings is 2. The van der Waals surface area contributed by atoms with Crippen LogP contribution in [0.4, 0.5) is 5.69 Å². The number of nitrogens with zero attached hydrogens (tertiary/aromatic N) is 3. The maximum Gasteiger partial charge on any atom is 0.231 e. The lowest BCUT2D eigenvalue weighted by Crippen LogP contribution is -2.30. The molecular weight excluding hydrogens is 330 g/mol. The van der Waals surface area contributed by atoms with Crippen molar-refractivity contribution in [2.75, 3.05) is 32.3 Å². The van der Waals surface area contributed by atoms with Gasteiger partial charge in [0.1, 0.15) is 11.6 Å². The minimum absolute atomic E-state index is 0.114. The summed E-state index contributed by atoms with van der Waals surface area (Å²) >= 11 is 0. The monoisotopic (exact) mass is 351 g/mol. The Labute approximate surface area is 152 Å². The van der Waals surface area contributed by atoms with E-state index < -0.39 is 0 Å². The summed E-state index contributed by atoms with van der Waals surface area (Å²) in [5, 5.41) is 0. The van der Waals surface area contributed by atoms with Crippen LogP contribution < -0.4 is 9.64 Å². The highest BCUT2D eigenvalue weighted by molar-refractivity contribution is 6.04. The summed E-state index contributed by atoms with van der Waals surface area (Å²) in [7, 11) is 5.30. The second kappa shape index (κ2) is 6.46. The molecule has 0 spiro atoms. The van der Waals surface area contributed by atoms with Crippen LogP contribution in [-0.2, 0) is 23.0 Å². The smallest absolute Gasteiger partial charge is 0.231 e. The Kier molecular flexibility index (Phi) is 4.12. The van der Waals surface area contributed by atoms with Gasteiger partial charge in [-0.15, -0.1) is 0 Å². The normalized spacial score (nSPS) is 13.5. The highest BCUT2D eigenvalue weighted by Gasteiger charge is 2.28. The van der Waals surface area contributed by atoms with Gasteiger partial charge in [0.2, 0.25) is 5.91 Å². The third kappa shape index (κ3) is 2.63. The van der Waals surface area contributed by atoms with Gasteiger partial charge in [-0.05, 0) is 42.0 Å². The van der Waals surface area contributed by atoms with Crippen LogP contribution in [0.15, 0.2) is 36.4 Å². The standard InChI is InChI=1S/C20H21N3O3/c1-22-18-12-17-14(11-19(24)23(17)8-9-25-2)10-16(18)21-20(22)13-4-6-15(26-3)7-5-13/h4-7,10,12H,8-9,11H2,1-3H3. The molecule has 3 aromatic rings. The summed E-state index contributed by atoms with van der Waals surface area (Å²) in [6.07, 6.45) is 0.420. The van der Waals surface area contributed by atoms with Gasteiger partial charge in [-0.2, -0.15) is 0 Å². The first kappa shape index (κ1) is 16.6. The maximum absolute atomic E-state index is 12.3. The Morgan fingerprint density at radius 1 is 1.15 bits per heavy atom. The summed E-state index contributed by atoms with van der Waals surface area (Å²) in [4.78, 5) is 18.9. The van der Waals surface area contributed by atoms with Crippen molar-refractivity contribution >= 4 is 22.6 Å². The van der Waals surface area contributed by atoms with Gasteiger partial charge < -0.3 is 18.9 Å². The van der Waals surface area contributed by atoms with E-state index in [1.54, 1.807) is 19.1 Å². The van der Waals surface area contributed by atoms with E-state index >= 15 is 0 Å². The summed E-state index contributed by atoms with van der Waals surface area (Å²) < 4.78 is 12.4. The van der Waals surface area contributed by atoms with E-state index in [1.807, 2.05) is 37.4 Å². The van der Waals surface area contributed by atoms with Gasteiger partial charge >= 0.3 is 0 Å². The Balaban J connectivity index is 1.78. The number of fused-ring (bicyclic) bond motifs is 2. The molecule has 134 valence electrons. The molecule has 0 bridgehead atoms. The van der Waals surface area contributed by atoms with Crippen LogP contribution in [0.5, 0.6) is 5.75 Å². The number of amides is 1. The predicted molar refractivity (Wildman–Crippen MR) is 101 cm³/mol. The molecule has 26 heavy (non-hydrogen) atoms. The van der Waals surface area contributed by atoms with Crippen molar-refractivity contribution in [3.05, 3.63) is 42.0 Å². The lowest BCUT2D eigenvalue weighted by atomic mass is 10.1. The minimum atomic E-state index is 0.114. The zero-order valence-corrected chi connectivity index (χ0v) is 15.2. The molecule has 1 amide bonds. The van der Waals surface area contributed by atoms with E-state index in [0.29, 0.717) is 19.6 Å². The zero-order chi connectivity index (χ0) is 18.3. The number of ether oxygens (including phenoxy) is 2. The molecule has 2 heterocycles. The first-order valence-electron chi connectivity index (χ1n) is 8.55. The van der Waals surface area contributed by atoms with Gasteiger partial charge in [0.25, 0.3) is 0 Å². The third-order valence-corrected chi connectivity index (χ3v) is 4.88. The number of methoxy groups -OCH3 is 2. The second-order valence-electron chi connectivity index (χ2n) is 6.41. The van der Waals surface area contributed by atoms with Crippen LogP contribution in [-0.4, -0.2) is 42.8 Å². The summed E-state index contributed by atoms with van der Waals surface area (Å²) in [6, 6.07) is 12.0. The fourth-order valence-electron chi connectivity index (χ4n) is 3.48. The van der Waals surface area contributed by atoms with Gasteiger partial charge in [-0.1, -0.05) is 0 Å². The summed E-state index contributed by atoms with van der Waals surface area (Å²) in [6.45, 7) is 1.09. The van der Waals surface area contributed by atoms with Crippen LogP contribution in [0.3, 0.4) is 0 Å². The van der Waals surface area contributed by atoms with Crippen LogP contribution in [0.25, 0.3) is 22.4 Å². The van der Waals surface area contributed by atoms with E-state index in [-0.39, 0.29) is 5.91 Å². The number of anilines is 1. The molecule has 0 radical (unpaired) electrons. The highest BCUT2D eigenvalue weighted by Crippen LogP contribution is 2.34. The van der Waals surface area contributed by atoms with Crippen molar-refractivity contribution < 1.29 is 14.3 Å². The molecular formula is C20H21N3O3. The number of rotatable bonds is 5. The van der Waals surface area contributed by atoms with Gasteiger partial charge in [-0.25, -0.2) is 4.98 Å². The van der Waals surface area contributed by atoms with Gasteiger partial charge in [0, 0.05) is 32.0 Å². The molecule has 0 saturated carbocycles. The number of aryl methyl sites for hydroxylation is 1. The van der Waals surface area contributed by atoms with Gasteiger partial charge in [0.15, 0.2) is 0 Å². The Hall–Kier alpha value is -2.86. The van der Waals surface area contributed by atoms with Crippen molar-refractivity contribution in [3.63, 3.8) is 0 Å². The van der Waals surface area contributed by atoms with Crippen LogP contribution in [0, 0.1) is 0 Å². The van der Waals surface area contributed by atoms with E-state index in [2.05, 4.69) is 10.6 Å². The maximum atomic E-state index is 12.3. The molecule has 6 heteroatoms. The minimum Gasteiger partial charge on any atom is -0.497 e. The van der Waals surface area contributed by atoms with Crippen LogP contribution >= 0.6 is 0 Å². The quantitative estimate of drug-likeness (QED) is 0.709. The molecule has 0 aliphatic carbocycles. The van der Waals surface area contributed by atoms with E-state index in [0.717, 1.165) is 39.4 Å². The molecule has 0 fully saturated rings. The van der Waals surface area contributed by atoms with E-state index in [9.17, 15) is 4.79 Å². The van der Waals surface area contributed by atoms with Crippen molar-refractivity contribution in [3.8, 4) is 17.1 Å².